The number of halogens is 2. The van der Waals surface area contributed by atoms with E-state index < -0.39 is 35.3 Å². The Kier molecular flexibility index (Phi) is 18.3. The number of carbonyl (C=O) groups is 2. The number of carbonyl (C=O) groups excluding carboxylic acids is 1. The maximum absolute atomic E-state index is 13.5. The summed E-state index contributed by atoms with van der Waals surface area (Å²) in [6, 6.07) is 33.2. The zero-order chi connectivity index (χ0) is 64.3. The fourth-order valence-corrected chi connectivity index (χ4v) is 16.0. The van der Waals surface area contributed by atoms with Crippen molar-refractivity contribution < 1.29 is 38.4 Å². The number of rotatable bonds is 15. The van der Waals surface area contributed by atoms with Crippen molar-refractivity contribution in [1.29, 1.82) is 0 Å². The lowest BCUT2D eigenvalue weighted by Crippen LogP contribution is -2.51. The third kappa shape index (κ3) is 13.3. The van der Waals surface area contributed by atoms with E-state index in [1.807, 2.05) is 117 Å². The second kappa shape index (κ2) is 26.3. The number of piperidine rings is 2. The number of aryl methyl sites for hydroxylation is 2. The second-order valence-electron chi connectivity index (χ2n) is 26.8. The zero-order valence-electron chi connectivity index (χ0n) is 53.5. The molecule has 480 valence electrons. The van der Waals surface area contributed by atoms with Crippen molar-refractivity contribution in [2.24, 2.45) is 0 Å². The van der Waals surface area contributed by atoms with Gasteiger partial charge in [-0.15, -0.1) is 22.7 Å². The van der Waals surface area contributed by atoms with Crippen LogP contribution in [0.25, 0.3) is 85.6 Å². The van der Waals surface area contributed by atoms with Crippen molar-refractivity contribution in [3.8, 4) is 43.4 Å². The van der Waals surface area contributed by atoms with Gasteiger partial charge in [-0.25, -0.2) is 19.6 Å². The largest absolute Gasteiger partial charge is 0.479 e. The van der Waals surface area contributed by atoms with Gasteiger partial charge in [0.05, 0.1) is 87.8 Å². The molecular formula is C72H78Cl2N8O8S2. The molecule has 8 heterocycles. The van der Waals surface area contributed by atoms with Crippen molar-refractivity contribution in [2.75, 3.05) is 59.2 Å². The second-order valence-corrected chi connectivity index (χ2v) is 29.6. The van der Waals surface area contributed by atoms with Crippen LogP contribution in [-0.2, 0) is 33.3 Å². The Labute approximate surface area is 553 Å². The van der Waals surface area contributed by atoms with E-state index in [2.05, 4.69) is 72.7 Å². The molecule has 92 heavy (non-hydrogen) atoms. The maximum Gasteiger partial charge on any atom is 0.339 e. The molecule has 20 heteroatoms. The molecule has 6 aromatic carbocycles. The van der Waals surface area contributed by atoms with Crippen molar-refractivity contribution in [1.82, 2.24) is 40.2 Å². The maximum atomic E-state index is 13.5. The van der Waals surface area contributed by atoms with E-state index in [1.165, 1.54) is 11.4 Å². The molecule has 16 nitrogen and oxygen atoms in total. The Balaban J connectivity index is 0.000000168. The van der Waals surface area contributed by atoms with Crippen LogP contribution in [0.4, 0.5) is 0 Å². The summed E-state index contributed by atoms with van der Waals surface area (Å²) in [6.07, 6.45) is 2.32. The van der Waals surface area contributed by atoms with Gasteiger partial charge in [-0.2, -0.15) is 10.2 Å². The molecule has 4 aliphatic heterocycles. The van der Waals surface area contributed by atoms with E-state index in [0.717, 1.165) is 181 Å². The molecule has 0 spiro atoms. The minimum Gasteiger partial charge on any atom is -0.479 e. The van der Waals surface area contributed by atoms with Crippen LogP contribution in [0.5, 0.6) is 0 Å². The van der Waals surface area contributed by atoms with E-state index in [0.29, 0.717) is 39.5 Å². The molecule has 4 aliphatic rings. The summed E-state index contributed by atoms with van der Waals surface area (Å²) in [7, 11) is 0. The number of nitrogens with zero attached hydrogens (tertiary/aromatic N) is 6. The van der Waals surface area contributed by atoms with Gasteiger partial charge >= 0.3 is 11.9 Å². The molecule has 2 atom stereocenters. The number of carboxylic acid groups (broad SMARTS) is 1. The Hall–Kier alpha value is -6.68. The number of aromatic nitrogens is 6. The number of H-pyrrole nitrogens is 2. The highest BCUT2D eigenvalue weighted by Gasteiger charge is 2.37. The lowest BCUT2D eigenvalue weighted by Gasteiger charge is -2.41. The minimum absolute atomic E-state index is 0.262. The van der Waals surface area contributed by atoms with Crippen molar-refractivity contribution in [2.45, 2.75) is 135 Å². The van der Waals surface area contributed by atoms with Crippen LogP contribution in [0.15, 0.2) is 97.1 Å². The molecule has 0 unspecified atom stereocenters. The number of benzene rings is 6. The van der Waals surface area contributed by atoms with Crippen molar-refractivity contribution in [3.05, 3.63) is 141 Å². The number of esters is 1. The average molecular weight is 1320 g/mol. The summed E-state index contributed by atoms with van der Waals surface area (Å²) in [5, 5.41) is 31.8. The van der Waals surface area contributed by atoms with E-state index in [4.69, 9.17) is 56.9 Å². The molecule has 0 saturated carbocycles. The van der Waals surface area contributed by atoms with Crippen LogP contribution in [0.1, 0.15) is 132 Å². The first-order valence-electron chi connectivity index (χ1n) is 31.9. The lowest BCUT2D eigenvalue weighted by molar-refractivity contribution is -0.166. The fourth-order valence-electron chi connectivity index (χ4n) is 13.5. The highest BCUT2D eigenvalue weighted by molar-refractivity contribution is 7.22. The molecule has 0 aliphatic carbocycles. The van der Waals surface area contributed by atoms with Gasteiger partial charge in [0.1, 0.15) is 10.0 Å². The molecule has 0 bridgehead atoms. The first-order chi connectivity index (χ1) is 44.1. The van der Waals surface area contributed by atoms with Crippen LogP contribution in [0.2, 0.25) is 10.0 Å². The van der Waals surface area contributed by atoms with Gasteiger partial charge in [0.15, 0.2) is 12.2 Å². The Morgan fingerprint density at radius 1 is 0.587 bits per heavy atom. The van der Waals surface area contributed by atoms with Gasteiger partial charge in [0.25, 0.3) is 0 Å². The molecular weight excluding hydrogens is 1240 g/mol. The first kappa shape index (κ1) is 64.0. The molecule has 0 radical (unpaired) electrons. The zero-order valence-corrected chi connectivity index (χ0v) is 56.6. The summed E-state index contributed by atoms with van der Waals surface area (Å²) in [5.74, 6) is -0.575. The molecule has 14 rings (SSSR count). The average Bonchev–Trinajstić information content (AvgIpc) is 1.50. The minimum atomic E-state index is -1.15. The van der Waals surface area contributed by atoms with Gasteiger partial charge in [-0.3, -0.25) is 20.0 Å². The Bertz CT molecular complexity index is 4350. The summed E-state index contributed by atoms with van der Waals surface area (Å²) in [4.78, 5) is 41.6. The topological polar surface area (TPSA) is 190 Å². The number of likely N-dealkylation sites (tertiary alicyclic amines) is 2. The van der Waals surface area contributed by atoms with Gasteiger partial charge in [-0.1, -0.05) is 47.5 Å². The molecule has 4 fully saturated rings. The SMILES string of the molecule is CCOC(=O)[C@@H](OC(C)(C)C)c1c(C)cc2nc(-c3ccc4n[nH]c(C5CCN(C6COC6)CC5)c4c3)sc2c1-c1ccc(Cl)cc1.Cc1cc2nc(-c3ccc4n[nH]c(C5CCN(C6COC6)CC5)c4c3)sc2c(-c2ccc(Cl)cc2)c1[C@H](OC(C)(C)C)C(=O)O. The monoisotopic (exact) mass is 1320 g/mol. The van der Waals surface area contributed by atoms with Gasteiger partial charge in [0.2, 0.25) is 0 Å². The van der Waals surface area contributed by atoms with Crippen LogP contribution >= 0.6 is 45.9 Å². The third-order valence-electron chi connectivity index (χ3n) is 18.1. The van der Waals surface area contributed by atoms with E-state index in [1.54, 1.807) is 22.7 Å². The summed E-state index contributed by atoms with van der Waals surface area (Å²) >= 11 is 15.8. The predicted octanol–water partition coefficient (Wildman–Crippen LogP) is 16.5. The molecule has 3 N–H and O–H groups in total. The standard InChI is InChI=1S/C37H41ClN4O4S.C35H37ClN4O4S/c1-6-45-36(43)33(46-37(3,4)5)30-21(2)17-29-34(31(30)22-7-10-25(38)11-8-22)47-35(39-29)24-9-12-28-27(18-24)32(41-40-28)23-13-15-42(16-14-23)26-19-44-20-26;1-19-15-27-32(29(20-5-8-23(36)9-6-20)28(19)31(34(41)42)44-35(2,3)4)45-33(37-27)22-7-10-26-25(16-22)30(39-38-26)21-11-13-40(14-12-21)24-17-43-18-24/h7-12,17-18,23,26,33H,6,13-16,19-20H2,1-5H3,(H,40,41);5-10,15-16,21,24,31H,11-14,17-18H2,1-4H3,(H,38,39)(H,41,42)/t33-;31-/m00/s1. The number of nitrogens with one attached hydrogen (secondary N) is 2. The van der Waals surface area contributed by atoms with Gasteiger partial charge < -0.3 is 28.8 Å². The third-order valence-corrected chi connectivity index (χ3v) is 20.9. The number of hydrogen-bond acceptors (Lipinski definition) is 15. The summed E-state index contributed by atoms with van der Waals surface area (Å²) < 4.78 is 30.9. The number of aromatic amines is 2. The molecule has 4 aromatic heterocycles. The lowest BCUT2D eigenvalue weighted by atomic mass is 9.90. The quantitative estimate of drug-likeness (QED) is 0.0822. The predicted molar refractivity (Wildman–Crippen MR) is 368 cm³/mol. The molecule has 0 amide bonds. The van der Waals surface area contributed by atoms with Crippen LogP contribution < -0.4 is 0 Å². The molecule has 4 saturated heterocycles. The Morgan fingerprint density at radius 2 is 0.978 bits per heavy atom. The van der Waals surface area contributed by atoms with Crippen LogP contribution in [0.3, 0.4) is 0 Å². The number of thiazole rings is 2. The Morgan fingerprint density at radius 3 is 1.35 bits per heavy atom. The number of hydrogen-bond donors (Lipinski definition) is 3. The fraction of sp³-hybridized carbons (Fsp3) is 0.417. The highest BCUT2D eigenvalue weighted by Crippen LogP contribution is 2.48. The first-order valence-corrected chi connectivity index (χ1v) is 34.3. The van der Waals surface area contributed by atoms with Crippen LogP contribution in [-0.4, -0.2) is 140 Å². The van der Waals surface area contributed by atoms with Crippen molar-refractivity contribution >= 4 is 100 Å². The van der Waals surface area contributed by atoms with E-state index >= 15 is 0 Å². The molecule has 10 aromatic rings. The normalized spacial score (nSPS) is 17.5. The van der Waals surface area contributed by atoms with Crippen LogP contribution in [0, 0.1) is 13.8 Å². The summed E-state index contributed by atoms with van der Waals surface area (Å²) in [5.41, 5.74) is 13.5. The van der Waals surface area contributed by atoms with E-state index in [-0.39, 0.29) is 6.61 Å². The summed E-state index contributed by atoms with van der Waals surface area (Å²) in [6.45, 7) is 25.2. The highest BCUT2D eigenvalue weighted by atomic mass is 35.5. The van der Waals surface area contributed by atoms with Gasteiger partial charge in [0, 0.05) is 77.4 Å². The number of fused-ring (bicyclic) bond motifs is 4. The van der Waals surface area contributed by atoms with E-state index in [9.17, 15) is 14.7 Å². The number of ether oxygens (including phenoxy) is 5. The van der Waals surface area contributed by atoms with Crippen molar-refractivity contribution in [3.63, 3.8) is 0 Å². The smallest absolute Gasteiger partial charge is 0.339 e. The number of aliphatic carboxylic acids is 1. The van der Waals surface area contributed by atoms with Gasteiger partial charge in [-0.05, 0) is 209 Å². The number of carboxylic acids is 1.